The van der Waals surface area contributed by atoms with Gasteiger partial charge in [0.2, 0.25) is 0 Å². The fourth-order valence-corrected chi connectivity index (χ4v) is 1.97. The maximum absolute atomic E-state index is 7.03. The Balaban J connectivity index is 2.81. The highest BCUT2D eigenvalue weighted by atomic mass is 14.5. The highest BCUT2D eigenvalue weighted by Crippen LogP contribution is 2.11. The van der Waals surface area contributed by atoms with Gasteiger partial charge in [0.15, 0.2) is 0 Å². The Labute approximate surface area is 96.8 Å². The van der Waals surface area contributed by atoms with Crippen LogP contribution in [0.15, 0.2) is 0 Å². The van der Waals surface area contributed by atoms with Gasteiger partial charge in [0.05, 0.1) is 0 Å². The van der Waals surface area contributed by atoms with Crippen LogP contribution in [0.5, 0.6) is 0 Å². The highest BCUT2D eigenvalue weighted by Gasteiger charge is 1.91. The molecule has 0 aromatic rings. The molecule has 0 unspecified atom stereocenters. The van der Waals surface area contributed by atoms with Gasteiger partial charge >= 0.3 is 0 Å². The average molecular weight is 212 g/mol. The Kier molecular flexibility index (Phi) is 13.9. The van der Waals surface area contributed by atoms with Gasteiger partial charge in [-0.25, -0.2) is 0 Å². The van der Waals surface area contributed by atoms with Crippen LogP contribution in [0.25, 0.3) is 5.73 Å². The Hall–Kier alpha value is -0.0400. The van der Waals surface area contributed by atoms with E-state index in [1.165, 1.54) is 70.6 Å². The van der Waals surface area contributed by atoms with Crippen LogP contribution < -0.4 is 0 Å². The van der Waals surface area contributed by atoms with Gasteiger partial charge in [-0.3, -0.25) is 0 Å². The van der Waals surface area contributed by atoms with Crippen molar-refractivity contribution in [3.63, 3.8) is 0 Å². The van der Waals surface area contributed by atoms with E-state index in [2.05, 4.69) is 6.92 Å². The summed E-state index contributed by atoms with van der Waals surface area (Å²) < 4.78 is 0. The zero-order valence-corrected chi connectivity index (χ0v) is 10.7. The summed E-state index contributed by atoms with van der Waals surface area (Å²) in [5, 5.41) is 0. The smallest absolute Gasteiger partial charge is 0.0533 e. The molecule has 0 aliphatic rings. The largest absolute Gasteiger partial charge is 0.677 e. The lowest BCUT2D eigenvalue weighted by molar-refractivity contribution is 0.547. The molecule has 0 saturated carbocycles. The summed E-state index contributed by atoms with van der Waals surface area (Å²) >= 11 is 0. The van der Waals surface area contributed by atoms with Gasteiger partial charge in [-0.15, -0.1) is 0 Å². The summed E-state index contributed by atoms with van der Waals surface area (Å²) in [4.78, 5) is 0. The van der Waals surface area contributed by atoms with Crippen LogP contribution in [0.3, 0.4) is 0 Å². The molecule has 1 nitrogen and oxygen atoms in total. The summed E-state index contributed by atoms with van der Waals surface area (Å²) in [7, 11) is 0. The monoisotopic (exact) mass is 212 g/mol. The molecule has 0 aromatic carbocycles. The van der Waals surface area contributed by atoms with Crippen LogP contribution in [-0.2, 0) is 0 Å². The van der Waals surface area contributed by atoms with Gasteiger partial charge in [0, 0.05) is 0 Å². The van der Waals surface area contributed by atoms with Crippen molar-refractivity contribution in [1.82, 2.24) is 0 Å². The van der Waals surface area contributed by atoms with Gasteiger partial charge in [-0.1, -0.05) is 84.0 Å². The first-order valence-electron chi connectivity index (χ1n) is 7.06. The second-order valence-electron chi connectivity index (χ2n) is 4.64. The summed E-state index contributed by atoms with van der Waals surface area (Å²) in [6.45, 7) is 2.90. The lowest BCUT2D eigenvalue weighted by Gasteiger charge is -2.03. The molecule has 0 radical (unpaired) electrons. The number of rotatable bonds is 12. The van der Waals surface area contributed by atoms with Crippen LogP contribution in [0.4, 0.5) is 0 Å². The Morgan fingerprint density at radius 3 is 1.20 bits per heavy atom. The van der Waals surface area contributed by atoms with Crippen LogP contribution in [0.2, 0.25) is 0 Å². The maximum Gasteiger partial charge on any atom is -0.0533 e. The molecule has 0 aromatic heterocycles. The SMILES string of the molecule is CCCCCCCCCCCCCC[NH-]. The van der Waals surface area contributed by atoms with Gasteiger partial charge in [0.25, 0.3) is 0 Å². The summed E-state index contributed by atoms with van der Waals surface area (Å²) in [5.74, 6) is 0. The quantitative estimate of drug-likeness (QED) is 0.368. The molecule has 0 bridgehead atoms. The Bertz CT molecular complexity index is 89.5. The fourth-order valence-electron chi connectivity index (χ4n) is 1.97. The molecule has 0 aliphatic carbocycles. The van der Waals surface area contributed by atoms with Crippen molar-refractivity contribution in [2.75, 3.05) is 6.54 Å². The van der Waals surface area contributed by atoms with E-state index in [9.17, 15) is 0 Å². The third kappa shape index (κ3) is 14.0. The summed E-state index contributed by atoms with van der Waals surface area (Å²) in [6.07, 6.45) is 16.6. The van der Waals surface area contributed by atoms with Crippen molar-refractivity contribution in [2.45, 2.75) is 84.0 Å². The third-order valence-electron chi connectivity index (χ3n) is 3.03. The maximum atomic E-state index is 7.03. The van der Waals surface area contributed by atoms with Crippen molar-refractivity contribution >= 4 is 0 Å². The van der Waals surface area contributed by atoms with Crippen molar-refractivity contribution in [2.24, 2.45) is 0 Å². The van der Waals surface area contributed by atoms with Gasteiger partial charge < -0.3 is 5.73 Å². The number of hydrogen-bond donors (Lipinski definition) is 0. The lowest BCUT2D eigenvalue weighted by atomic mass is 10.1. The minimum absolute atomic E-state index is 0.622. The van der Waals surface area contributed by atoms with E-state index in [4.69, 9.17) is 5.73 Å². The molecule has 0 heterocycles. The lowest BCUT2D eigenvalue weighted by Crippen LogP contribution is -1.83. The second kappa shape index (κ2) is 14.0. The standard InChI is InChI=1S/C14H30N/c1-2-3-4-5-6-7-8-9-10-11-12-13-14-15/h15H,2-14H2,1H3/q-1. The molecule has 0 spiro atoms. The van der Waals surface area contributed by atoms with E-state index in [1.807, 2.05) is 0 Å². The van der Waals surface area contributed by atoms with Crippen molar-refractivity contribution < 1.29 is 0 Å². The molecule has 0 rings (SSSR count). The molecular weight excluding hydrogens is 182 g/mol. The predicted octanol–water partition coefficient (Wildman–Crippen LogP) is 5.74. The Morgan fingerprint density at radius 2 is 0.867 bits per heavy atom. The number of unbranched alkanes of at least 4 members (excludes halogenated alkanes) is 11. The molecule has 0 atom stereocenters. The third-order valence-corrected chi connectivity index (χ3v) is 3.03. The molecule has 1 heteroatoms. The first-order valence-corrected chi connectivity index (χ1v) is 7.06. The Morgan fingerprint density at radius 1 is 0.533 bits per heavy atom. The van der Waals surface area contributed by atoms with E-state index >= 15 is 0 Å². The van der Waals surface area contributed by atoms with Crippen LogP contribution in [-0.4, -0.2) is 6.54 Å². The van der Waals surface area contributed by atoms with Crippen molar-refractivity contribution in [3.05, 3.63) is 5.73 Å². The highest BCUT2D eigenvalue weighted by molar-refractivity contribution is 4.52. The molecule has 15 heavy (non-hydrogen) atoms. The molecule has 92 valence electrons. The molecular formula is C14H30N-. The van der Waals surface area contributed by atoms with E-state index in [0.717, 1.165) is 6.42 Å². The van der Waals surface area contributed by atoms with Crippen LogP contribution >= 0.6 is 0 Å². The van der Waals surface area contributed by atoms with E-state index in [1.54, 1.807) is 0 Å². The second-order valence-corrected chi connectivity index (χ2v) is 4.64. The zero-order valence-electron chi connectivity index (χ0n) is 10.7. The normalized spacial score (nSPS) is 10.8. The minimum atomic E-state index is 0.622. The van der Waals surface area contributed by atoms with Gasteiger partial charge in [0.1, 0.15) is 0 Å². The summed E-state index contributed by atoms with van der Waals surface area (Å²) in [6, 6.07) is 0. The molecule has 0 fully saturated rings. The van der Waals surface area contributed by atoms with E-state index in [0.29, 0.717) is 6.54 Å². The average Bonchev–Trinajstić information content (AvgIpc) is 2.26. The van der Waals surface area contributed by atoms with E-state index in [-0.39, 0.29) is 0 Å². The van der Waals surface area contributed by atoms with Crippen molar-refractivity contribution in [1.29, 1.82) is 0 Å². The van der Waals surface area contributed by atoms with Gasteiger partial charge in [-0.2, -0.15) is 6.54 Å². The fraction of sp³-hybridized carbons (Fsp3) is 1.00. The van der Waals surface area contributed by atoms with Gasteiger partial charge in [-0.05, 0) is 0 Å². The summed E-state index contributed by atoms with van der Waals surface area (Å²) in [5.41, 5.74) is 7.03. The zero-order chi connectivity index (χ0) is 11.2. The van der Waals surface area contributed by atoms with Crippen LogP contribution in [0.1, 0.15) is 84.0 Å². The molecule has 0 amide bonds. The van der Waals surface area contributed by atoms with Crippen molar-refractivity contribution in [3.8, 4) is 0 Å². The minimum Gasteiger partial charge on any atom is -0.677 e. The number of nitrogens with one attached hydrogen (secondary N) is 1. The first-order chi connectivity index (χ1) is 7.41. The molecule has 0 aliphatic heterocycles. The first kappa shape index (κ1) is 15.0. The topological polar surface area (TPSA) is 23.8 Å². The van der Waals surface area contributed by atoms with E-state index < -0.39 is 0 Å². The predicted molar refractivity (Wildman–Crippen MR) is 70.3 cm³/mol. The van der Waals surface area contributed by atoms with Crippen LogP contribution in [0, 0.1) is 0 Å². The molecule has 1 N–H and O–H groups in total. The number of hydrogen-bond acceptors (Lipinski definition) is 0. The molecule has 0 saturated heterocycles.